The summed E-state index contributed by atoms with van der Waals surface area (Å²) in [7, 11) is -1.59. The van der Waals surface area contributed by atoms with Crippen molar-refractivity contribution in [3.8, 4) is 6.07 Å². The molecule has 0 radical (unpaired) electrons. The van der Waals surface area contributed by atoms with E-state index < -0.39 is 10.8 Å². The van der Waals surface area contributed by atoms with Gasteiger partial charge in [0.15, 0.2) is 0 Å². The van der Waals surface area contributed by atoms with Gasteiger partial charge < -0.3 is 5.32 Å². The molecule has 0 saturated heterocycles. The Labute approximate surface area is 132 Å². The smallest absolute Gasteiger partial charge is 0.252 e. The average Bonchev–Trinajstić information content (AvgIpc) is 2.53. The molecule has 0 unspecified atom stereocenters. The van der Waals surface area contributed by atoms with E-state index in [4.69, 9.17) is 5.26 Å². The first kappa shape index (κ1) is 15.9. The maximum atomic E-state index is 12.8. The first-order valence-electron chi connectivity index (χ1n) is 6.85. The van der Waals surface area contributed by atoms with Crippen molar-refractivity contribution in [3.63, 3.8) is 0 Å². The molecule has 0 aliphatic rings. The van der Waals surface area contributed by atoms with E-state index >= 15 is 0 Å². The molecule has 1 N–H and O–H groups in total. The lowest BCUT2D eigenvalue weighted by Crippen LogP contribution is -2.30. The van der Waals surface area contributed by atoms with Crippen LogP contribution in [0.4, 0.5) is 0 Å². The van der Waals surface area contributed by atoms with Gasteiger partial charge in [-0.25, -0.2) is 4.21 Å². The summed E-state index contributed by atoms with van der Waals surface area (Å²) in [5.41, 5.74) is 0.710. The molecule has 0 bridgehead atoms. The fourth-order valence-corrected chi connectivity index (χ4v) is 3.31. The first-order valence-corrected chi connectivity index (χ1v) is 8.00. The van der Waals surface area contributed by atoms with Gasteiger partial charge in [-0.15, -0.1) is 0 Å². The average molecular weight is 312 g/mol. The zero-order valence-corrected chi connectivity index (χ0v) is 13.2. The number of hydrogen-bond donors (Lipinski definition) is 1. The minimum atomic E-state index is -1.59. The van der Waals surface area contributed by atoms with E-state index in [0.29, 0.717) is 20.9 Å². The molecule has 0 fully saturated rings. The molecule has 0 aliphatic heterocycles. The number of carbonyl (C=O) groups excluding carboxylic acids is 1. The Hall–Kier alpha value is -2.45. The standard InChI is InChI=1S/C17H16N2O2S/c1-12(2)19-17(20)14-8-4-6-10-16(14)22(21)15-9-5-3-7-13(15)11-18/h3-10,12H,1-2H3,(H,19,20)/t22-/m1/s1. The number of benzene rings is 2. The summed E-state index contributed by atoms with van der Waals surface area (Å²) in [5.74, 6) is -0.270. The molecule has 22 heavy (non-hydrogen) atoms. The van der Waals surface area contributed by atoms with Crippen molar-refractivity contribution in [2.24, 2.45) is 0 Å². The molecule has 1 atom stereocenters. The molecule has 2 aromatic rings. The van der Waals surface area contributed by atoms with Crippen molar-refractivity contribution in [1.82, 2.24) is 5.32 Å². The molecule has 0 heterocycles. The monoisotopic (exact) mass is 312 g/mol. The first-order chi connectivity index (χ1) is 10.5. The molecular formula is C17H16N2O2S. The number of rotatable bonds is 4. The third-order valence-electron chi connectivity index (χ3n) is 2.96. The highest BCUT2D eigenvalue weighted by Gasteiger charge is 2.19. The summed E-state index contributed by atoms with van der Waals surface area (Å²) < 4.78 is 12.8. The van der Waals surface area contributed by atoms with E-state index in [1.54, 1.807) is 48.5 Å². The fraction of sp³-hybridized carbons (Fsp3) is 0.176. The summed E-state index contributed by atoms with van der Waals surface area (Å²) in [6.07, 6.45) is 0. The Morgan fingerprint density at radius 2 is 1.68 bits per heavy atom. The van der Waals surface area contributed by atoms with Gasteiger partial charge in [-0.1, -0.05) is 24.3 Å². The highest BCUT2D eigenvalue weighted by atomic mass is 32.2. The zero-order chi connectivity index (χ0) is 16.1. The molecule has 2 aromatic carbocycles. The SMILES string of the molecule is CC(C)NC(=O)c1ccccc1[S@](=O)c1ccccc1C#N. The number of carbonyl (C=O) groups is 1. The maximum absolute atomic E-state index is 12.8. The van der Waals surface area contributed by atoms with Gasteiger partial charge in [0.05, 0.1) is 31.7 Å². The van der Waals surface area contributed by atoms with Gasteiger partial charge in [0.25, 0.3) is 5.91 Å². The topological polar surface area (TPSA) is 70.0 Å². The summed E-state index contributed by atoms with van der Waals surface area (Å²) in [5, 5.41) is 11.9. The molecular weight excluding hydrogens is 296 g/mol. The number of nitriles is 1. The number of amides is 1. The van der Waals surface area contributed by atoms with E-state index in [0.717, 1.165) is 0 Å². The lowest BCUT2D eigenvalue weighted by Gasteiger charge is -2.12. The Balaban J connectivity index is 2.47. The predicted molar refractivity (Wildman–Crippen MR) is 84.9 cm³/mol. The van der Waals surface area contributed by atoms with E-state index in [2.05, 4.69) is 5.32 Å². The summed E-state index contributed by atoms with van der Waals surface area (Å²) in [4.78, 5) is 13.1. The van der Waals surface area contributed by atoms with Crippen LogP contribution < -0.4 is 5.32 Å². The van der Waals surface area contributed by atoms with Gasteiger partial charge in [0, 0.05) is 6.04 Å². The van der Waals surface area contributed by atoms with Crippen LogP contribution in [0.3, 0.4) is 0 Å². The highest BCUT2D eigenvalue weighted by Crippen LogP contribution is 2.23. The van der Waals surface area contributed by atoms with E-state index in [1.165, 1.54) is 0 Å². The number of hydrogen-bond acceptors (Lipinski definition) is 3. The molecule has 2 rings (SSSR count). The minimum absolute atomic E-state index is 0.0135. The lowest BCUT2D eigenvalue weighted by molar-refractivity contribution is 0.0940. The minimum Gasteiger partial charge on any atom is -0.350 e. The molecule has 112 valence electrons. The second kappa shape index (κ2) is 7.01. The second-order valence-corrected chi connectivity index (χ2v) is 6.42. The van der Waals surface area contributed by atoms with Crippen LogP contribution in [-0.2, 0) is 10.8 Å². The third-order valence-corrected chi connectivity index (χ3v) is 4.47. The summed E-state index contributed by atoms with van der Waals surface area (Å²) >= 11 is 0. The van der Waals surface area contributed by atoms with Crippen LogP contribution in [0.5, 0.6) is 0 Å². The van der Waals surface area contributed by atoms with E-state index in [1.807, 2.05) is 19.9 Å². The molecule has 0 aromatic heterocycles. The van der Waals surface area contributed by atoms with Crippen molar-refractivity contribution < 1.29 is 9.00 Å². The molecule has 0 aliphatic carbocycles. The van der Waals surface area contributed by atoms with Gasteiger partial charge in [0.1, 0.15) is 6.07 Å². The second-order valence-electron chi connectivity index (χ2n) is 5.00. The van der Waals surface area contributed by atoms with Gasteiger partial charge in [-0.3, -0.25) is 4.79 Å². The Bertz CT molecular complexity index is 763. The van der Waals surface area contributed by atoms with Gasteiger partial charge in [-0.2, -0.15) is 5.26 Å². The predicted octanol–water partition coefficient (Wildman–Crippen LogP) is 2.86. The fourth-order valence-electron chi connectivity index (χ4n) is 1.99. The van der Waals surface area contributed by atoms with Crippen LogP contribution in [0.2, 0.25) is 0 Å². The van der Waals surface area contributed by atoms with Crippen molar-refractivity contribution in [2.75, 3.05) is 0 Å². The molecule has 4 nitrogen and oxygen atoms in total. The van der Waals surface area contributed by atoms with Crippen molar-refractivity contribution in [2.45, 2.75) is 29.7 Å². The molecule has 5 heteroatoms. The maximum Gasteiger partial charge on any atom is 0.252 e. The number of nitrogens with one attached hydrogen (secondary N) is 1. The Kier molecular flexibility index (Phi) is 5.08. The quantitative estimate of drug-likeness (QED) is 0.943. The molecule has 0 spiro atoms. The van der Waals surface area contributed by atoms with Crippen LogP contribution in [0.1, 0.15) is 29.8 Å². The number of nitrogens with zero attached hydrogens (tertiary/aromatic N) is 1. The van der Waals surface area contributed by atoms with E-state index in [9.17, 15) is 9.00 Å². The van der Waals surface area contributed by atoms with Crippen molar-refractivity contribution >= 4 is 16.7 Å². The van der Waals surface area contributed by atoms with Gasteiger partial charge in [-0.05, 0) is 38.1 Å². The van der Waals surface area contributed by atoms with Crippen LogP contribution >= 0.6 is 0 Å². The Morgan fingerprint density at radius 3 is 2.32 bits per heavy atom. The Morgan fingerprint density at radius 1 is 1.09 bits per heavy atom. The largest absolute Gasteiger partial charge is 0.350 e. The van der Waals surface area contributed by atoms with Crippen molar-refractivity contribution in [3.05, 3.63) is 59.7 Å². The molecule has 1 amide bonds. The van der Waals surface area contributed by atoms with Crippen molar-refractivity contribution in [1.29, 1.82) is 5.26 Å². The lowest BCUT2D eigenvalue weighted by atomic mass is 10.2. The van der Waals surface area contributed by atoms with Crippen LogP contribution in [0.25, 0.3) is 0 Å². The third kappa shape index (κ3) is 3.41. The van der Waals surface area contributed by atoms with E-state index in [-0.39, 0.29) is 11.9 Å². The normalized spacial score (nSPS) is 11.7. The van der Waals surface area contributed by atoms with Crippen LogP contribution in [-0.4, -0.2) is 16.2 Å². The summed E-state index contributed by atoms with van der Waals surface area (Å²) in [6.45, 7) is 3.73. The highest BCUT2D eigenvalue weighted by molar-refractivity contribution is 7.85. The van der Waals surface area contributed by atoms with Gasteiger partial charge in [0.2, 0.25) is 0 Å². The van der Waals surface area contributed by atoms with Crippen LogP contribution in [0.15, 0.2) is 58.3 Å². The zero-order valence-electron chi connectivity index (χ0n) is 12.4. The van der Waals surface area contributed by atoms with Crippen LogP contribution in [0, 0.1) is 11.3 Å². The molecule has 0 saturated carbocycles. The van der Waals surface area contributed by atoms with Gasteiger partial charge >= 0.3 is 0 Å². The summed E-state index contributed by atoms with van der Waals surface area (Å²) in [6, 6.07) is 15.5.